The highest BCUT2D eigenvalue weighted by Crippen LogP contribution is 2.27. The van der Waals surface area contributed by atoms with Crippen molar-refractivity contribution in [3.05, 3.63) is 57.9 Å². The van der Waals surface area contributed by atoms with Gasteiger partial charge in [-0.2, -0.15) is 0 Å². The standard InChI is InChI=1S/C13H12BrFN2O/c14-11-7-9(15)3-4-10(11)12(18)6-8-2-1-5-17-13(8)16/h1-5,7,12,18H,6H2,(H2,16,17). The van der Waals surface area contributed by atoms with E-state index in [0.29, 0.717) is 22.3 Å². The zero-order chi connectivity index (χ0) is 13.1. The van der Waals surface area contributed by atoms with Gasteiger partial charge in [-0.05, 0) is 29.3 Å². The highest BCUT2D eigenvalue weighted by Gasteiger charge is 2.14. The number of nitrogens with zero attached hydrogens (tertiary/aromatic N) is 1. The predicted octanol–water partition coefficient (Wildman–Crippen LogP) is 2.84. The predicted molar refractivity (Wildman–Crippen MR) is 71.4 cm³/mol. The van der Waals surface area contributed by atoms with Gasteiger partial charge in [-0.25, -0.2) is 9.37 Å². The topological polar surface area (TPSA) is 59.1 Å². The van der Waals surface area contributed by atoms with Crippen molar-refractivity contribution in [3.63, 3.8) is 0 Å². The Morgan fingerprint density at radius 1 is 1.39 bits per heavy atom. The number of pyridine rings is 1. The summed E-state index contributed by atoms with van der Waals surface area (Å²) >= 11 is 3.23. The lowest BCUT2D eigenvalue weighted by atomic mass is 10.0. The summed E-state index contributed by atoms with van der Waals surface area (Å²) in [6.45, 7) is 0. The lowest BCUT2D eigenvalue weighted by molar-refractivity contribution is 0.177. The van der Waals surface area contributed by atoms with Crippen molar-refractivity contribution >= 4 is 21.7 Å². The van der Waals surface area contributed by atoms with Crippen LogP contribution in [-0.2, 0) is 6.42 Å². The van der Waals surface area contributed by atoms with E-state index in [0.717, 1.165) is 5.56 Å². The molecule has 0 spiro atoms. The van der Waals surface area contributed by atoms with Gasteiger partial charge >= 0.3 is 0 Å². The third kappa shape index (κ3) is 2.86. The van der Waals surface area contributed by atoms with Crippen molar-refractivity contribution in [2.24, 2.45) is 0 Å². The van der Waals surface area contributed by atoms with Crippen LogP contribution in [0.3, 0.4) is 0 Å². The van der Waals surface area contributed by atoms with E-state index >= 15 is 0 Å². The van der Waals surface area contributed by atoms with Gasteiger partial charge in [-0.3, -0.25) is 0 Å². The molecule has 0 aliphatic rings. The van der Waals surface area contributed by atoms with Gasteiger partial charge in [0.25, 0.3) is 0 Å². The Labute approximate surface area is 113 Å². The van der Waals surface area contributed by atoms with Crippen LogP contribution < -0.4 is 5.73 Å². The van der Waals surface area contributed by atoms with Crippen molar-refractivity contribution in [2.45, 2.75) is 12.5 Å². The van der Waals surface area contributed by atoms with Gasteiger partial charge < -0.3 is 10.8 Å². The molecular weight excluding hydrogens is 299 g/mol. The van der Waals surface area contributed by atoms with E-state index in [4.69, 9.17) is 5.73 Å². The second-order valence-corrected chi connectivity index (χ2v) is 4.79. The zero-order valence-electron chi connectivity index (χ0n) is 9.48. The van der Waals surface area contributed by atoms with Gasteiger partial charge in [0.15, 0.2) is 0 Å². The molecule has 94 valence electrons. The molecule has 1 atom stereocenters. The van der Waals surface area contributed by atoms with Crippen molar-refractivity contribution < 1.29 is 9.50 Å². The molecule has 1 unspecified atom stereocenters. The molecule has 1 aromatic heterocycles. The average Bonchev–Trinajstić information content (AvgIpc) is 2.32. The minimum absolute atomic E-state index is 0.337. The molecule has 0 aliphatic heterocycles. The maximum absolute atomic E-state index is 13.0. The number of aliphatic hydroxyl groups is 1. The molecule has 1 aromatic carbocycles. The number of aromatic nitrogens is 1. The highest BCUT2D eigenvalue weighted by atomic mass is 79.9. The third-order valence-electron chi connectivity index (χ3n) is 2.66. The molecule has 2 aromatic rings. The van der Waals surface area contributed by atoms with Gasteiger partial charge in [0.05, 0.1) is 6.10 Å². The molecule has 0 aliphatic carbocycles. The Morgan fingerprint density at radius 3 is 2.83 bits per heavy atom. The molecule has 0 saturated heterocycles. The molecule has 5 heteroatoms. The molecule has 18 heavy (non-hydrogen) atoms. The maximum Gasteiger partial charge on any atom is 0.126 e. The van der Waals surface area contributed by atoms with Gasteiger partial charge in [0.2, 0.25) is 0 Å². The summed E-state index contributed by atoms with van der Waals surface area (Å²) in [6, 6.07) is 7.76. The molecular formula is C13H12BrFN2O. The first kappa shape index (κ1) is 13.0. The van der Waals surface area contributed by atoms with E-state index in [2.05, 4.69) is 20.9 Å². The van der Waals surface area contributed by atoms with Crippen molar-refractivity contribution in [1.29, 1.82) is 0 Å². The van der Waals surface area contributed by atoms with Gasteiger partial charge in [0, 0.05) is 17.1 Å². The van der Waals surface area contributed by atoms with Gasteiger partial charge in [0.1, 0.15) is 11.6 Å². The van der Waals surface area contributed by atoms with E-state index in [1.54, 1.807) is 18.3 Å². The number of aliphatic hydroxyl groups excluding tert-OH is 1. The Balaban J connectivity index is 2.22. The number of rotatable bonds is 3. The Bertz CT molecular complexity index is 562. The summed E-state index contributed by atoms with van der Waals surface area (Å²) in [6.07, 6.45) is 1.18. The van der Waals surface area contributed by atoms with Crippen molar-refractivity contribution in [1.82, 2.24) is 4.98 Å². The molecule has 1 heterocycles. The van der Waals surface area contributed by atoms with E-state index in [1.807, 2.05) is 6.07 Å². The number of nitrogens with two attached hydrogens (primary N) is 1. The minimum Gasteiger partial charge on any atom is -0.388 e. The first-order valence-corrected chi connectivity index (χ1v) is 6.19. The summed E-state index contributed by atoms with van der Waals surface area (Å²) in [5.41, 5.74) is 7.10. The lowest BCUT2D eigenvalue weighted by Crippen LogP contribution is -2.06. The minimum atomic E-state index is -0.758. The van der Waals surface area contributed by atoms with Crippen molar-refractivity contribution in [2.75, 3.05) is 5.73 Å². The number of hydrogen-bond donors (Lipinski definition) is 2. The van der Waals surface area contributed by atoms with Crippen LogP contribution in [0, 0.1) is 5.82 Å². The Morgan fingerprint density at radius 2 is 2.17 bits per heavy atom. The first-order valence-electron chi connectivity index (χ1n) is 5.40. The summed E-state index contributed by atoms with van der Waals surface area (Å²) in [5.74, 6) is 0.0495. The molecule has 0 saturated carbocycles. The second-order valence-electron chi connectivity index (χ2n) is 3.93. The van der Waals surface area contributed by atoms with E-state index in [-0.39, 0.29) is 5.82 Å². The third-order valence-corrected chi connectivity index (χ3v) is 3.35. The van der Waals surface area contributed by atoms with Crippen LogP contribution >= 0.6 is 15.9 Å². The molecule has 0 radical (unpaired) electrons. The second kappa shape index (κ2) is 5.46. The lowest BCUT2D eigenvalue weighted by Gasteiger charge is -2.13. The van der Waals surface area contributed by atoms with Crippen LogP contribution in [0.5, 0.6) is 0 Å². The monoisotopic (exact) mass is 310 g/mol. The smallest absolute Gasteiger partial charge is 0.126 e. The number of halogens is 2. The molecule has 2 rings (SSSR count). The Kier molecular flexibility index (Phi) is 3.93. The summed E-state index contributed by atoms with van der Waals surface area (Å²) in [7, 11) is 0. The first-order chi connectivity index (χ1) is 8.58. The molecule has 3 nitrogen and oxygen atoms in total. The van der Waals surface area contributed by atoms with Crippen LogP contribution in [0.1, 0.15) is 17.2 Å². The van der Waals surface area contributed by atoms with Gasteiger partial charge in [-0.15, -0.1) is 0 Å². The molecule has 0 amide bonds. The van der Waals surface area contributed by atoms with Crippen LogP contribution in [-0.4, -0.2) is 10.1 Å². The molecule has 0 fully saturated rings. The van der Waals surface area contributed by atoms with E-state index < -0.39 is 6.10 Å². The summed E-state index contributed by atoms with van der Waals surface area (Å²) in [4.78, 5) is 3.96. The highest BCUT2D eigenvalue weighted by molar-refractivity contribution is 9.10. The fourth-order valence-corrected chi connectivity index (χ4v) is 2.33. The number of anilines is 1. The fourth-order valence-electron chi connectivity index (χ4n) is 1.71. The molecule has 0 bridgehead atoms. The van der Waals surface area contributed by atoms with E-state index in [9.17, 15) is 9.50 Å². The SMILES string of the molecule is Nc1ncccc1CC(O)c1ccc(F)cc1Br. The van der Waals surface area contributed by atoms with E-state index in [1.165, 1.54) is 12.1 Å². The van der Waals surface area contributed by atoms with Gasteiger partial charge in [-0.1, -0.05) is 28.1 Å². The van der Waals surface area contributed by atoms with Crippen LogP contribution in [0.4, 0.5) is 10.2 Å². The molecule has 3 N–H and O–H groups in total. The summed E-state index contributed by atoms with van der Waals surface area (Å²) < 4.78 is 13.5. The summed E-state index contributed by atoms with van der Waals surface area (Å²) in [5, 5.41) is 10.1. The van der Waals surface area contributed by atoms with Crippen LogP contribution in [0.15, 0.2) is 41.0 Å². The van der Waals surface area contributed by atoms with Crippen LogP contribution in [0.2, 0.25) is 0 Å². The maximum atomic E-state index is 13.0. The fraction of sp³-hybridized carbons (Fsp3) is 0.154. The van der Waals surface area contributed by atoms with Crippen molar-refractivity contribution in [3.8, 4) is 0 Å². The average molecular weight is 311 g/mol. The normalized spacial score (nSPS) is 12.4. The Hall–Kier alpha value is -1.46. The number of benzene rings is 1. The number of nitrogen functional groups attached to an aromatic ring is 1. The number of hydrogen-bond acceptors (Lipinski definition) is 3. The van der Waals surface area contributed by atoms with Crippen LogP contribution in [0.25, 0.3) is 0 Å². The quantitative estimate of drug-likeness (QED) is 0.916. The largest absolute Gasteiger partial charge is 0.388 e. The zero-order valence-corrected chi connectivity index (χ0v) is 11.1.